The highest BCUT2D eigenvalue weighted by Crippen LogP contribution is 2.20. The van der Waals surface area contributed by atoms with Crippen LogP contribution in [0.2, 0.25) is 0 Å². The summed E-state index contributed by atoms with van der Waals surface area (Å²) in [5, 5.41) is 0. The lowest BCUT2D eigenvalue weighted by Crippen LogP contribution is -2.53. The molecule has 4 heteroatoms. The molecule has 0 amide bonds. The number of hydrogen-bond donors (Lipinski definition) is 1. The lowest BCUT2D eigenvalue weighted by molar-refractivity contribution is -0.126. The lowest BCUT2D eigenvalue weighted by atomic mass is 10.1. The number of rotatable bonds is 3. The molecule has 0 aliphatic carbocycles. The highest BCUT2D eigenvalue weighted by molar-refractivity contribution is 5.95. The van der Waals surface area contributed by atoms with Gasteiger partial charge in [0.2, 0.25) is 0 Å². The number of ketones is 1. The first-order valence-electron chi connectivity index (χ1n) is 6.03. The third-order valence-electron chi connectivity index (χ3n) is 2.91. The second kappa shape index (κ2) is 4.63. The minimum absolute atomic E-state index is 0.139. The Labute approximate surface area is 102 Å². The summed E-state index contributed by atoms with van der Waals surface area (Å²) >= 11 is 0. The number of H-pyrrole nitrogens is 1. The van der Waals surface area contributed by atoms with Crippen LogP contribution in [0.5, 0.6) is 0 Å². The molecule has 0 spiro atoms. The molecule has 1 aromatic heterocycles. The number of carbonyl (C=O) groups is 1. The van der Waals surface area contributed by atoms with Gasteiger partial charge >= 0.3 is 0 Å². The predicted octanol–water partition coefficient (Wildman–Crippen LogP) is 1.70. The minimum atomic E-state index is -0.173. The van der Waals surface area contributed by atoms with E-state index in [2.05, 4.69) is 23.7 Å². The molecule has 0 radical (unpaired) electrons. The van der Waals surface area contributed by atoms with E-state index in [1.807, 2.05) is 19.1 Å². The van der Waals surface area contributed by atoms with E-state index in [4.69, 9.17) is 4.74 Å². The first-order valence-corrected chi connectivity index (χ1v) is 6.03. The molecule has 1 fully saturated rings. The van der Waals surface area contributed by atoms with Crippen LogP contribution in [0.1, 0.15) is 31.3 Å². The maximum absolute atomic E-state index is 12.0. The first-order chi connectivity index (χ1) is 7.96. The van der Waals surface area contributed by atoms with Gasteiger partial charge in [0, 0.05) is 19.3 Å². The standard InChI is InChI=1S/C13H20N2O2/c1-10-7-15(9-13(2,3)17-10)8-12(16)11-5-4-6-14-11/h4-6,10,14H,7-9H2,1-3H3. The Morgan fingerprint density at radius 3 is 3.00 bits per heavy atom. The van der Waals surface area contributed by atoms with Crippen molar-refractivity contribution in [1.82, 2.24) is 9.88 Å². The van der Waals surface area contributed by atoms with Crippen molar-refractivity contribution in [2.75, 3.05) is 19.6 Å². The zero-order valence-electron chi connectivity index (χ0n) is 10.7. The van der Waals surface area contributed by atoms with Gasteiger partial charge in [0.25, 0.3) is 0 Å². The van der Waals surface area contributed by atoms with Crippen molar-refractivity contribution >= 4 is 5.78 Å². The van der Waals surface area contributed by atoms with Crippen LogP contribution >= 0.6 is 0 Å². The van der Waals surface area contributed by atoms with E-state index in [-0.39, 0.29) is 17.5 Å². The minimum Gasteiger partial charge on any atom is -0.370 e. The SMILES string of the molecule is CC1CN(CC(=O)c2ccc[nH]2)CC(C)(C)O1. The smallest absolute Gasteiger partial charge is 0.192 e. The van der Waals surface area contributed by atoms with Crippen LogP contribution in [0.25, 0.3) is 0 Å². The number of nitrogens with zero attached hydrogens (tertiary/aromatic N) is 1. The molecule has 17 heavy (non-hydrogen) atoms. The summed E-state index contributed by atoms with van der Waals surface area (Å²) in [7, 11) is 0. The molecule has 1 atom stereocenters. The molecule has 2 heterocycles. The van der Waals surface area contributed by atoms with Crippen molar-refractivity contribution in [1.29, 1.82) is 0 Å². The van der Waals surface area contributed by atoms with E-state index in [1.165, 1.54) is 0 Å². The van der Waals surface area contributed by atoms with Gasteiger partial charge in [0.15, 0.2) is 5.78 Å². The van der Waals surface area contributed by atoms with Gasteiger partial charge in [-0.25, -0.2) is 0 Å². The Kier molecular flexibility index (Phi) is 3.35. The number of carbonyl (C=O) groups excluding carboxylic acids is 1. The molecule has 4 nitrogen and oxygen atoms in total. The van der Waals surface area contributed by atoms with Crippen LogP contribution in [0, 0.1) is 0 Å². The van der Waals surface area contributed by atoms with E-state index in [0.29, 0.717) is 12.2 Å². The quantitative estimate of drug-likeness (QED) is 0.812. The Morgan fingerprint density at radius 1 is 1.65 bits per heavy atom. The monoisotopic (exact) mass is 236 g/mol. The van der Waals surface area contributed by atoms with Crippen LogP contribution in [0.4, 0.5) is 0 Å². The summed E-state index contributed by atoms with van der Waals surface area (Å²) in [6, 6.07) is 3.66. The highest BCUT2D eigenvalue weighted by atomic mass is 16.5. The average Bonchev–Trinajstić information content (AvgIpc) is 2.65. The van der Waals surface area contributed by atoms with Gasteiger partial charge in [-0.2, -0.15) is 0 Å². The van der Waals surface area contributed by atoms with Gasteiger partial charge in [-0.15, -0.1) is 0 Å². The molecule has 1 saturated heterocycles. The van der Waals surface area contributed by atoms with E-state index >= 15 is 0 Å². The number of Topliss-reactive ketones (excluding diaryl/α,β-unsaturated/α-hetero) is 1. The molecule has 0 bridgehead atoms. The number of morpholine rings is 1. The topological polar surface area (TPSA) is 45.3 Å². The van der Waals surface area contributed by atoms with E-state index in [0.717, 1.165) is 13.1 Å². The fraction of sp³-hybridized carbons (Fsp3) is 0.615. The molecule has 1 aromatic rings. The first kappa shape index (κ1) is 12.3. The zero-order chi connectivity index (χ0) is 12.5. The summed E-state index contributed by atoms with van der Waals surface area (Å²) in [6.07, 6.45) is 1.95. The second-order valence-electron chi connectivity index (χ2n) is 5.36. The van der Waals surface area contributed by atoms with E-state index in [1.54, 1.807) is 6.20 Å². The molecule has 0 aromatic carbocycles. The van der Waals surface area contributed by atoms with Crippen LogP contribution in [0.3, 0.4) is 0 Å². The van der Waals surface area contributed by atoms with Gasteiger partial charge in [-0.3, -0.25) is 9.69 Å². The van der Waals surface area contributed by atoms with Gasteiger partial charge in [0.05, 0.1) is 23.9 Å². The van der Waals surface area contributed by atoms with Gasteiger partial charge < -0.3 is 9.72 Å². The number of nitrogens with one attached hydrogen (secondary N) is 1. The number of aromatic amines is 1. The van der Waals surface area contributed by atoms with Crippen molar-refractivity contribution in [3.63, 3.8) is 0 Å². The molecular weight excluding hydrogens is 216 g/mol. The molecule has 1 N–H and O–H groups in total. The van der Waals surface area contributed by atoms with Crippen LogP contribution in [0.15, 0.2) is 18.3 Å². The van der Waals surface area contributed by atoms with Gasteiger partial charge in [0.1, 0.15) is 0 Å². The molecule has 94 valence electrons. The predicted molar refractivity (Wildman–Crippen MR) is 66.2 cm³/mol. The Hall–Kier alpha value is -1.13. The van der Waals surface area contributed by atoms with Crippen molar-refractivity contribution in [2.45, 2.75) is 32.5 Å². The highest BCUT2D eigenvalue weighted by Gasteiger charge is 2.32. The zero-order valence-corrected chi connectivity index (χ0v) is 10.7. The molecule has 1 aliphatic rings. The maximum Gasteiger partial charge on any atom is 0.192 e. The Balaban J connectivity index is 1.97. The second-order valence-corrected chi connectivity index (χ2v) is 5.36. The Bertz CT molecular complexity index is 384. The van der Waals surface area contributed by atoms with Crippen molar-refractivity contribution in [2.24, 2.45) is 0 Å². The molecule has 2 rings (SSSR count). The molecular formula is C13H20N2O2. The summed E-state index contributed by atoms with van der Waals surface area (Å²) in [6.45, 7) is 8.24. The molecule has 1 unspecified atom stereocenters. The van der Waals surface area contributed by atoms with Gasteiger partial charge in [-0.1, -0.05) is 0 Å². The molecule has 0 saturated carbocycles. The molecule has 1 aliphatic heterocycles. The van der Waals surface area contributed by atoms with Crippen LogP contribution < -0.4 is 0 Å². The van der Waals surface area contributed by atoms with Crippen molar-refractivity contribution in [3.05, 3.63) is 24.0 Å². The third kappa shape index (κ3) is 3.17. The summed E-state index contributed by atoms with van der Waals surface area (Å²) in [5.74, 6) is 0.139. The Morgan fingerprint density at radius 2 is 2.41 bits per heavy atom. The third-order valence-corrected chi connectivity index (χ3v) is 2.91. The largest absolute Gasteiger partial charge is 0.370 e. The summed E-state index contributed by atoms with van der Waals surface area (Å²) in [5.41, 5.74) is 0.509. The normalized spacial score (nSPS) is 24.8. The van der Waals surface area contributed by atoms with Crippen molar-refractivity contribution in [3.8, 4) is 0 Å². The van der Waals surface area contributed by atoms with E-state index in [9.17, 15) is 4.79 Å². The summed E-state index contributed by atoms with van der Waals surface area (Å²) < 4.78 is 5.82. The van der Waals surface area contributed by atoms with E-state index < -0.39 is 0 Å². The number of ether oxygens (including phenoxy) is 1. The maximum atomic E-state index is 12.0. The average molecular weight is 236 g/mol. The van der Waals surface area contributed by atoms with Crippen LogP contribution in [-0.2, 0) is 4.74 Å². The van der Waals surface area contributed by atoms with Gasteiger partial charge in [-0.05, 0) is 32.9 Å². The fourth-order valence-corrected chi connectivity index (χ4v) is 2.50. The number of aromatic nitrogens is 1. The lowest BCUT2D eigenvalue weighted by Gasteiger charge is -2.41. The summed E-state index contributed by atoms with van der Waals surface area (Å²) in [4.78, 5) is 17.1. The van der Waals surface area contributed by atoms with Crippen molar-refractivity contribution < 1.29 is 9.53 Å². The fourth-order valence-electron chi connectivity index (χ4n) is 2.50. The van der Waals surface area contributed by atoms with Crippen LogP contribution in [-0.4, -0.2) is 47.0 Å². The number of hydrogen-bond acceptors (Lipinski definition) is 3.